The molecule has 0 amide bonds. The number of nitrogens with zero attached hydrogens (tertiary/aromatic N) is 1. The fraction of sp³-hybridized carbons (Fsp3) is 0.0909. The summed E-state index contributed by atoms with van der Waals surface area (Å²) in [6, 6.07) is 39.3. The van der Waals surface area contributed by atoms with Gasteiger partial charge in [0.2, 0.25) is 0 Å². The van der Waals surface area contributed by atoms with Crippen molar-refractivity contribution in [1.82, 2.24) is 4.57 Å². The molecule has 2 heteroatoms. The first-order chi connectivity index (χ1) is 17.2. The second-order valence-electron chi connectivity index (χ2n) is 9.55. The Bertz CT molecular complexity index is 1870. The van der Waals surface area contributed by atoms with Crippen LogP contribution >= 0.6 is 0 Å². The molecule has 0 unspecified atom stereocenters. The SMILES string of the molecule is CC(C)n1c2ccccc2c2cc(-c3cccc4c3oc3c(-c5ccccc5)cccc34)ccc21. The molecule has 7 rings (SSSR count). The second-order valence-corrected chi connectivity index (χ2v) is 9.55. The van der Waals surface area contributed by atoms with Gasteiger partial charge in [-0.1, -0.05) is 91.0 Å². The quantitative estimate of drug-likeness (QED) is 0.261. The maximum absolute atomic E-state index is 6.66. The predicted molar refractivity (Wildman–Crippen MR) is 148 cm³/mol. The van der Waals surface area contributed by atoms with Crippen molar-refractivity contribution in [2.45, 2.75) is 19.9 Å². The van der Waals surface area contributed by atoms with Crippen LogP contribution in [0.5, 0.6) is 0 Å². The minimum absolute atomic E-state index is 0.387. The molecule has 0 aliphatic rings. The molecule has 0 aliphatic carbocycles. The summed E-state index contributed by atoms with van der Waals surface area (Å²) in [5, 5.41) is 4.88. The Balaban J connectivity index is 1.50. The van der Waals surface area contributed by atoms with Gasteiger partial charge in [0.15, 0.2) is 0 Å². The minimum Gasteiger partial charge on any atom is -0.455 e. The highest BCUT2D eigenvalue weighted by atomic mass is 16.3. The molecule has 2 aromatic heterocycles. The number of para-hydroxylation sites is 3. The molecule has 0 fully saturated rings. The lowest BCUT2D eigenvalue weighted by Gasteiger charge is -2.11. The summed E-state index contributed by atoms with van der Waals surface area (Å²) in [6.07, 6.45) is 0. The Morgan fingerprint density at radius 3 is 1.83 bits per heavy atom. The lowest BCUT2D eigenvalue weighted by molar-refractivity contribution is 0.642. The van der Waals surface area contributed by atoms with E-state index in [-0.39, 0.29) is 0 Å². The zero-order valence-electron chi connectivity index (χ0n) is 19.8. The number of aromatic nitrogens is 1. The number of rotatable bonds is 3. The molecule has 0 N–H and O–H groups in total. The summed E-state index contributed by atoms with van der Waals surface area (Å²) in [5.41, 5.74) is 9.03. The van der Waals surface area contributed by atoms with Gasteiger partial charge in [-0.2, -0.15) is 0 Å². The van der Waals surface area contributed by atoms with Crippen molar-refractivity contribution in [2.75, 3.05) is 0 Å². The smallest absolute Gasteiger partial charge is 0.143 e. The lowest BCUT2D eigenvalue weighted by Crippen LogP contribution is -1.99. The van der Waals surface area contributed by atoms with E-state index >= 15 is 0 Å². The fourth-order valence-electron chi connectivity index (χ4n) is 5.62. The van der Waals surface area contributed by atoms with Crippen molar-refractivity contribution in [3.63, 3.8) is 0 Å². The Hall–Kier alpha value is -4.30. The summed E-state index contributed by atoms with van der Waals surface area (Å²) < 4.78 is 9.09. The zero-order chi connectivity index (χ0) is 23.5. The largest absolute Gasteiger partial charge is 0.455 e. The predicted octanol–water partition coefficient (Wildman–Crippen LogP) is 9.61. The van der Waals surface area contributed by atoms with Crippen molar-refractivity contribution in [1.29, 1.82) is 0 Å². The first-order valence-electron chi connectivity index (χ1n) is 12.2. The van der Waals surface area contributed by atoms with Crippen LogP contribution in [0, 0.1) is 0 Å². The molecular weight excluding hydrogens is 426 g/mol. The summed E-state index contributed by atoms with van der Waals surface area (Å²) in [4.78, 5) is 0. The van der Waals surface area contributed by atoms with Crippen LogP contribution in [0.4, 0.5) is 0 Å². The molecule has 0 saturated carbocycles. The summed E-state index contributed by atoms with van der Waals surface area (Å²) in [7, 11) is 0. The lowest BCUT2D eigenvalue weighted by atomic mass is 9.99. The Kier molecular flexibility index (Phi) is 4.37. The van der Waals surface area contributed by atoms with Crippen LogP contribution in [0.1, 0.15) is 19.9 Å². The molecule has 0 saturated heterocycles. The van der Waals surface area contributed by atoms with Crippen molar-refractivity contribution in [2.24, 2.45) is 0 Å². The molecule has 0 spiro atoms. The van der Waals surface area contributed by atoms with E-state index in [9.17, 15) is 0 Å². The second kappa shape index (κ2) is 7.61. The molecule has 2 nitrogen and oxygen atoms in total. The van der Waals surface area contributed by atoms with Crippen molar-refractivity contribution in [3.8, 4) is 22.3 Å². The van der Waals surface area contributed by atoms with Crippen LogP contribution < -0.4 is 0 Å². The van der Waals surface area contributed by atoms with Crippen molar-refractivity contribution < 1.29 is 4.42 Å². The van der Waals surface area contributed by atoms with E-state index in [1.807, 2.05) is 6.07 Å². The molecule has 7 aromatic rings. The molecule has 5 aromatic carbocycles. The monoisotopic (exact) mass is 451 g/mol. The van der Waals surface area contributed by atoms with Gasteiger partial charge in [-0.25, -0.2) is 0 Å². The van der Waals surface area contributed by atoms with E-state index < -0.39 is 0 Å². The van der Waals surface area contributed by atoms with Gasteiger partial charge in [-0.15, -0.1) is 0 Å². The van der Waals surface area contributed by atoms with Crippen LogP contribution in [0.15, 0.2) is 114 Å². The minimum atomic E-state index is 0.387. The topological polar surface area (TPSA) is 18.1 Å². The first-order valence-corrected chi connectivity index (χ1v) is 12.2. The number of furan rings is 1. The first kappa shape index (κ1) is 20.1. The van der Waals surface area contributed by atoms with Crippen LogP contribution in [0.2, 0.25) is 0 Å². The van der Waals surface area contributed by atoms with E-state index in [0.717, 1.165) is 33.1 Å². The standard InChI is InChI=1S/C33H25NO/c1-21(2)34-30-17-7-6-12-26(30)29-20-23(18-19-31(29)34)25-14-9-16-28-27-15-8-13-24(32(27)35-33(25)28)22-10-4-3-5-11-22/h3-21H,1-2H3. The van der Waals surface area contributed by atoms with E-state index in [1.165, 1.54) is 32.9 Å². The molecule has 0 aliphatic heterocycles. The Morgan fingerprint density at radius 1 is 0.514 bits per heavy atom. The third-order valence-electron chi connectivity index (χ3n) is 7.15. The average molecular weight is 452 g/mol. The van der Waals surface area contributed by atoms with Crippen molar-refractivity contribution >= 4 is 43.7 Å². The van der Waals surface area contributed by atoms with E-state index in [4.69, 9.17) is 4.42 Å². The average Bonchev–Trinajstić information content (AvgIpc) is 3.45. The molecular formula is C33H25NO. The Morgan fingerprint density at radius 2 is 1.11 bits per heavy atom. The van der Waals surface area contributed by atoms with Gasteiger partial charge in [-0.3, -0.25) is 0 Å². The van der Waals surface area contributed by atoms with Crippen LogP contribution in [-0.4, -0.2) is 4.57 Å². The van der Waals surface area contributed by atoms with Crippen LogP contribution in [-0.2, 0) is 0 Å². The number of fused-ring (bicyclic) bond motifs is 6. The number of hydrogen-bond acceptors (Lipinski definition) is 1. The molecule has 0 bridgehead atoms. The normalized spacial score (nSPS) is 12.0. The molecule has 0 atom stereocenters. The summed E-state index contributed by atoms with van der Waals surface area (Å²) >= 11 is 0. The summed E-state index contributed by atoms with van der Waals surface area (Å²) in [6.45, 7) is 4.50. The van der Waals surface area contributed by atoms with Gasteiger partial charge >= 0.3 is 0 Å². The van der Waals surface area contributed by atoms with Crippen molar-refractivity contribution in [3.05, 3.63) is 109 Å². The van der Waals surface area contributed by atoms with Gasteiger partial charge in [0.05, 0.1) is 0 Å². The highest BCUT2D eigenvalue weighted by molar-refractivity contribution is 6.14. The molecule has 0 radical (unpaired) electrons. The number of hydrogen-bond donors (Lipinski definition) is 0. The Labute approximate surface area is 204 Å². The third-order valence-corrected chi connectivity index (χ3v) is 7.15. The van der Waals surface area contributed by atoms with Gasteiger partial charge in [0.1, 0.15) is 11.2 Å². The molecule has 168 valence electrons. The highest BCUT2D eigenvalue weighted by Crippen LogP contribution is 2.41. The van der Waals surface area contributed by atoms with Gasteiger partial charge in [0.25, 0.3) is 0 Å². The maximum Gasteiger partial charge on any atom is 0.143 e. The molecule has 2 heterocycles. The third kappa shape index (κ3) is 2.96. The van der Waals surface area contributed by atoms with Gasteiger partial charge in [0, 0.05) is 49.7 Å². The zero-order valence-corrected chi connectivity index (χ0v) is 19.8. The molecule has 35 heavy (non-hydrogen) atoms. The highest BCUT2D eigenvalue weighted by Gasteiger charge is 2.17. The van der Waals surface area contributed by atoms with E-state index in [1.54, 1.807) is 0 Å². The maximum atomic E-state index is 6.66. The van der Waals surface area contributed by atoms with Crippen LogP contribution in [0.25, 0.3) is 66.0 Å². The summed E-state index contributed by atoms with van der Waals surface area (Å²) in [5.74, 6) is 0. The van der Waals surface area contributed by atoms with E-state index in [2.05, 4.69) is 122 Å². The van der Waals surface area contributed by atoms with Crippen LogP contribution in [0.3, 0.4) is 0 Å². The van der Waals surface area contributed by atoms with Gasteiger partial charge < -0.3 is 8.98 Å². The van der Waals surface area contributed by atoms with Gasteiger partial charge in [-0.05, 0) is 43.2 Å². The fourth-order valence-corrected chi connectivity index (χ4v) is 5.62. The number of benzene rings is 5. The van der Waals surface area contributed by atoms with E-state index in [0.29, 0.717) is 6.04 Å².